The molecule has 58 valence electrons. The first-order valence-corrected chi connectivity index (χ1v) is 4.27. The lowest BCUT2D eigenvalue weighted by molar-refractivity contribution is 0.0805. The normalized spacial score (nSPS) is 34.2. The van der Waals surface area contributed by atoms with Crippen molar-refractivity contribution in [3.63, 3.8) is 0 Å². The van der Waals surface area contributed by atoms with E-state index in [-0.39, 0.29) is 0 Å². The van der Waals surface area contributed by atoms with Gasteiger partial charge in [-0.3, -0.25) is 0 Å². The third-order valence-electron chi connectivity index (χ3n) is 2.49. The van der Waals surface area contributed by atoms with Gasteiger partial charge in [0.25, 0.3) is 0 Å². The van der Waals surface area contributed by atoms with Gasteiger partial charge in [0.2, 0.25) is 0 Å². The van der Waals surface area contributed by atoms with E-state index in [0.717, 1.165) is 12.5 Å². The number of hydrogen-bond donors (Lipinski definition) is 1. The highest BCUT2D eigenvalue weighted by Crippen LogP contribution is 2.21. The van der Waals surface area contributed by atoms with Gasteiger partial charge in [0.1, 0.15) is 0 Å². The van der Waals surface area contributed by atoms with Crippen LogP contribution >= 0.6 is 0 Å². The molecular weight excluding hydrogens is 126 g/mol. The predicted molar refractivity (Wildman–Crippen MR) is 40.0 cm³/mol. The van der Waals surface area contributed by atoms with Gasteiger partial charge in [0.05, 0.1) is 6.10 Å². The Labute approximate surface area is 61.9 Å². The third kappa shape index (κ3) is 1.32. The molecule has 0 aromatic heterocycles. The Morgan fingerprint density at radius 2 is 2.30 bits per heavy atom. The van der Waals surface area contributed by atoms with Crippen LogP contribution < -0.4 is 5.32 Å². The van der Waals surface area contributed by atoms with Gasteiger partial charge in [-0.15, -0.1) is 0 Å². The van der Waals surface area contributed by atoms with Crippen LogP contribution in [-0.4, -0.2) is 25.8 Å². The molecule has 2 fully saturated rings. The average molecular weight is 141 g/mol. The van der Waals surface area contributed by atoms with Gasteiger partial charge >= 0.3 is 0 Å². The summed E-state index contributed by atoms with van der Waals surface area (Å²) < 4.78 is 5.53. The van der Waals surface area contributed by atoms with Gasteiger partial charge in [-0.2, -0.15) is 0 Å². The SMILES string of the molecule is C1COC(CC2CNC2)C1. The van der Waals surface area contributed by atoms with E-state index in [2.05, 4.69) is 5.32 Å². The highest BCUT2D eigenvalue weighted by atomic mass is 16.5. The van der Waals surface area contributed by atoms with Crippen LogP contribution in [0, 0.1) is 5.92 Å². The van der Waals surface area contributed by atoms with Crippen molar-refractivity contribution < 1.29 is 4.74 Å². The molecule has 1 unspecified atom stereocenters. The Balaban J connectivity index is 1.68. The largest absolute Gasteiger partial charge is 0.378 e. The molecular formula is C8H15NO. The van der Waals surface area contributed by atoms with Crippen LogP contribution in [0.25, 0.3) is 0 Å². The zero-order valence-corrected chi connectivity index (χ0v) is 6.31. The Bertz CT molecular complexity index is 106. The van der Waals surface area contributed by atoms with Gasteiger partial charge in [-0.1, -0.05) is 0 Å². The van der Waals surface area contributed by atoms with E-state index < -0.39 is 0 Å². The molecule has 0 aromatic carbocycles. The zero-order valence-electron chi connectivity index (χ0n) is 6.31. The molecule has 0 aromatic rings. The van der Waals surface area contributed by atoms with E-state index in [4.69, 9.17) is 4.74 Å². The smallest absolute Gasteiger partial charge is 0.0579 e. The van der Waals surface area contributed by atoms with Crippen LogP contribution in [0.4, 0.5) is 0 Å². The zero-order chi connectivity index (χ0) is 6.81. The molecule has 10 heavy (non-hydrogen) atoms. The summed E-state index contributed by atoms with van der Waals surface area (Å²) in [6, 6.07) is 0. The standard InChI is InChI=1S/C8H15NO/c1-2-8(10-3-1)4-7-5-9-6-7/h7-9H,1-6H2. The van der Waals surface area contributed by atoms with Gasteiger partial charge < -0.3 is 10.1 Å². The summed E-state index contributed by atoms with van der Waals surface area (Å²) in [6.45, 7) is 3.45. The van der Waals surface area contributed by atoms with Crippen LogP contribution in [0.3, 0.4) is 0 Å². The van der Waals surface area contributed by atoms with Crippen LogP contribution in [0.2, 0.25) is 0 Å². The molecule has 2 heterocycles. The summed E-state index contributed by atoms with van der Waals surface area (Å²) in [5, 5.41) is 3.28. The molecule has 2 nitrogen and oxygen atoms in total. The summed E-state index contributed by atoms with van der Waals surface area (Å²) >= 11 is 0. The van der Waals surface area contributed by atoms with E-state index in [1.807, 2.05) is 0 Å². The molecule has 0 aliphatic carbocycles. The maximum absolute atomic E-state index is 5.53. The summed E-state index contributed by atoms with van der Waals surface area (Å²) in [5.74, 6) is 0.920. The Hall–Kier alpha value is -0.0800. The maximum Gasteiger partial charge on any atom is 0.0579 e. The van der Waals surface area contributed by atoms with Crippen molar-refractivity contribution in [1.82, 2.24) is 5.32 Å². The van der Waals surface area contributed by atoms with Gasteiger partial charge in [0.15, 0.2) is 0 Å². The van der Waals surface area contributed by atoms with E-state index in [9.17, 15) is 0 Å². The average Bonchev–Trinajstić information content (AvgIpc) is 2.29. The molecule has 2 rings (SSSR count). The van der Waals surface area contributed by atoms with Crippen LogP contribution in [0.5, 0.6) is 0 Å². The van der Waals surface area contributed by atoms with Crippen molar-refractivity contribution >= 4 is 0 Å². The lowest BCUT2D eigenvalue weighted by atomic mass is 9.95. The second-order valence-corrected chi connectivity index (χ2v) is 3.40. The van der Waals surface area contributed by atoms with Gasteiger partial charge in [-0.05, 0) is 38.3 Å². The van der Waals surface area contributed by atoms with Crippen LogP contribution in [0.15, 0.2) is 0 Å². The predicted octanol–water partition coefficient (Wildman–Crippen LogP) is 0.775. The third-order valence-corrected chi connectivity index (χ3v) is 2.49. The summed E-state index contributed by atoms with van der Waals surface area (Å²) in [5.41, 5.74) is 0. The first kappa shape index (κ1) is 6.62. The second kappa shape index (κ2) is 2.89. The Morgan fingerprint density at radius 3 is 2.80 bits per heavy atom. The lowest BCUT2D eigenvalue weighted by Gasteiger charge is -2.28. The second-order valence-electron chi connectivity index (χ2n) is 3.40. The maximum atomic E-state index is 5.53. The Morgan fingerprint density at radius 1 is 1.40 bits per heavy atom. The van der Waals surface area contributed by atoms with Crippen molar-refractivity contribution in [2.24, 2.45) is 5.92 Å². The molecule has 0 saturated carbocycles. The molecule has 0 radical (unpaired) electrons. The molecule has 2 saturated heterocycles. The minimum absolute atomic E-state index is 0.604. The topological polar surface area (TPSA) is 21.3 Å². The fourth-order valence-corrected chi connectivity index (χ4v) is 1.72. The van der Waals surface area contributed by atoms with Crippen molar-refractivity contribution in [3.05, 3.63) is 0 Å². The quantitative estimate of drug-likeness (QED) is 0.613. The molecule has 0 bridgehead atoms. The molecule has 1 atom stereocenters. The summed E-state index contributed by atoms with van der Waals surface area (Å²) in [6.07, 6.45) is 4.49. The highest BCUT2D eigenvalue weighted by molar-refractivity contribution is 4.79. The van der Waals surface area contributed by atoms with Crippen LogP contribution in [-0.2, 0) is 4.74 Å². The van der Waals surface area contributed by atoms with Crippen LogP contribution in [0.1, 0.15) is 19.3 Å². The van der Waals surface area contributed by atoms with E-state index in [1.165, 1.54) is 32.4 Å². The van der Waals surface area contributed by atoms with Crippen molar-refractivity contribution in [2.45, 2.75) is 25.4 Å². The van der Waals surface area contributed by atoms with E-state index in [0.29, 0.717) is 6.10 Å². The number of hydrogen-bond acceptors (Lipinski definition) is 2. The molecule has 2 heteroatoms. The molecule has 2 aliphatic rings. The first-order valence-electron chi connectivity index (χ1n) is 4.27. The van der Waals surface area contributed by atoms with E-state index >= 15 is 0 Å². The number of nitrogens with one attached hydrogen (secondary N) is 1. The Kier molecular flexibility index (Phi) is 1.91. The molecule has 2 aliphatic heterocycles. The molecule has 0 spiro atoms. The number of ether oxygens (including phenoxy) is 1. The van der Waals surface area contributed by atoms with Crippen molar-refractivity contribution in [1.29, 1.82) is 0 Å². The monoisotopic (exact) mass is 141 g/mol. The summed E-state index contributed by atoms with van der Waals surface area (Å²) in [4.78, 5) is 0. The van der Waals surface area contributed by atoms with Gasteiger partial charge in [-0.25, -0.2) is 0 Å². The molecule has 1 N–H and O–H groups in total. The van der Waals surface area contributed by atoms with Gasteiger partial charge in [0, 0.05) is 6.61 Å². The van der Waals surface area contributed by atoms with Crippen molar-refractivity contribution in [2.75, 3.05) is 19.7 Å². The fraction of sp³-hybridized carbons (Fsp3) is 1.00. The van der Waals surface area contributed by atoms with Crippen molar-refractivity contribution in [3.8, 4) is 0 Å². The minimum Gasteiger partial charge on any atom is -0.378 e. The minimum atomic E-state index is 0.604. The first-order chi connectivity index (χ1) is 4.95. The number of rotatable bonds is 2. The lowest BCUT2D eigenvalue weighted by Crippen LogP contribution is -2.43. The van der Waals surface area contributed by atoms with E-state index in [1.54, 1.807) is 0 Å². The molecule has 0 amide bonds. The summed E-state index contributed by atoms with van der Waals surface area (Å²) in [7, 11) is 0. The highest BCUT2D eigenvalue weighted by Gasteiger charge is 2.24. The fourth-order valence-electron chi connectivity index (χ4n) is 1.72.